The first-order valence-corrected chi connectivity index (χ1v) is 7.36. The fourth-order valence-electron chi connectivity index (χ4n) is 3.03. The van der Waals surface area contributed by atoms with E-state index in [2.05, 4.69) is 60.2 Å². The highest BCUT2D eigenvalue weighted by molar-refractivity contribution is 9.10. The molecule has 2 rings (SSSR count). The molecule has 2 unspecified atom stereocenters. The van der Waals surface area contributed by atoms with Gasteiger partial charge in [0.1, 0.15) is 0 Å². The number of rotatable bonds is 2. The zero-order chi connectivity index (χ0) is 12.4. The average Bonchev–Trinajstić information content (AvgIpc) is 2.22. The molecule has 0 bridgehead atoms. The molecule has 0 amide bonds. The van der Waals surface area contributed by atoms with Gasteiger partial charge in [0.05, 0.1) is 0 Å². The quantitative estimate of drug-likeness (QED) is 0.810. The lowest BCUT2D eigenvalue weighted by Crippen LogP contribution is -2.30. The SMILES string of the molecule is Cc1ccc(Br)c(NC2CC(C)CC(C)C2)c1. The summed E-state index contributed by atoms with van der Waals surface area (Å²) < 4.78 is 1.17. The molecule has 0 saturated heterocycles. The summed E-state index contributed by atoms with van der Waals surface area (Å²) in [5.41, 5.74) is 2.56. The topological polar surface area (TPSA) is 12.0 Å². The second kappa shape index (κ2) is 5.43. The van der Waals surface area contributed by atoms with Crippen molar-refractivity contribution in [2.24, 2.45) is 11.8 Å². The lowest BCUT2D eigenvalue weighted by Gasteiger charge is -2.33. The number of halogens is 1. The highest BCUT2D eigenvalue weighted by Crippen LogP contribution is 2.32. The number of benzene rings is 1. The summed E-state index contributed by atoms with van der Waals surface area (Å²) in [6.07, 6.45) is 3.97. The van der Waals surface area contributed by atoms with Gasteiger partial charge in [-0.25, -0.2) is 0 Å². The molecule has 1 aromatic carbocycles. The van der Waals surface area contributed by atoms with Crippen molar-refractivity contribution in [3.63, 3.8) is 0 Å². The molecule has 0 heterocycles. The van der Waals surface area contributed by atoms with Gasteiger partial charge < -0.3 is 5.32 Å². The molecule has 0 spiro atoms. The third-order valence-electron chi connectivity index (χ3n) is 3.66. The van der Waals surface area contributed by atoms with Crippen LogP contribution in [0.4, 0.5) is 5.69 Å². The Labute approximate surface area is 113 Å². The van der Waals surface area contributed by atoms with E-state index in [0.717, 1.165) is 11.8 Å². The van der Waals surface area contributed by atoms with Crippen LogP contribution in [0.15, 0.2) is 22.7 Å². The van der Waals surface area contributed by atoms with Gasteiger partial charge in [-0.2, -0.15) is 0 Å². The predicted octanol–water partition coefficient (Wildman–Crippen LogP) is 4.99. The van der Waals surface area contributed by atoms with Crippen molar-refractivity contribution in [2.75, 3.05) is 5.32 Å². The minimum atomic E-state index is 0.631. The molecule has 1 N–H and O–H groups in total. The highest BCUT2D eigenvalue weighted by atomic mass is 79.9. The minimum absolute atomic E-state index is 0.631. The zero-order valence-corrected chi connectivity index (χ0v) is 12.5. The maximum Gasteiger partial charge on any atom is 0.0489 e. The van der Waals surface area contributed by atoms with Crippen LogP contribution < -0.4 is 5.32 Å². The van der Waals surface area contributed by atoms with E-state index in [4.69, 9.17) is 0 Å². The van der Waals surface area contributed by atoms with E-state index in [0.29, 0.717) is 6.04 Å². The van der Waals surface area contributed by atoms with Crippen LogP contribution in [0.3, 0.4) is 0 Å². The van der Waals surface area contributed by atoms with E-state index in [1.54, 1.807) is 0 Å². The zero-order valence-electron chi connectivity index (χ0n) is 11.0. The van der Waals surface area contributed by atoms with Crippen LogP contribution in [0.5, 0.6) is 0 Å². The summed E-state index contributed by atoms with van der Waals surface area (Å²) >= 11 is 3.62. The molecule has 94 valence electrons. The van der Waals surface area contributed by atoms with Crippen molar-refractivity contribution in [3.8, 4) is 0 Å². The van der Waals surface area contributed by atoms with Gasteiger partial charge in [-0.1, -0.05) is 19.9 Å². The Bertz CT molecular complexity index is 379. The fourth-order valence-corrected chi connectivity index (χ4v) is 3.40. The Kier molecular flexibility index (Phi) is 4.13. The molecule has 17 heavy (non-hydrogen) atoms. The van der Waals surface area contributed by atoms with E-state index in [9.17, 15) is 0 Å². The molecule has 1 fully saturated rings. The monoisotopic (exact) mass is 295 g/mol. The Hall–Kier alpha value is -0.500. The van der Waals surface area contributed by atoms with E-state index in [1.165, 1.54) is 35.0 Å². The molecule has 0 aliphatic heterocycles. The van der Waals surface area contributed by atoms with Crippen LogP contribution in [0.1, 0.15) is 38.7 Å². The molecule has 2 atom stereocenters. The maximum atomic E-state index is 3.70. The molecule has 1 nitrogen and oxygen atoms in total. The van der Waals surface area contributed by atoms with Crippen molar-refractivity contribution in [3.05, 3.63) is 28.2 Å². The second-order valence-electron chi connectivity index (χ2n) is 5.74. The fraction of sp³-hybridized carbons (Fsp3) is 0.600. The van der Waals surface area contributed by atoms with Gasteiger partial charge in [-0.3, -0.25) is 0 Å². The van der Waals surface area contributed by atoms with Crippen molar-refractivity contribution >= 4 is 21.6 Å². The summed E-state index contributed by atoms with van der Waals surface area (Å²) in [5.74, 6) is 1.69. The normalized spacial score (nSPS) is 29.1. The van der Waals surface area contributed by atoms with Gasteiger partial charge in [0.15, 0.2) is 0 Å². The molecule has 0 radical (unpaired) electrons. The van der Waals surface area contributed by atoms with Crippen LogP contribution in [-0.4, -0.2) is 6.04 Å². The molecule has 1 aliphatic rings. The average molecular weight is 296 g/mol. The van der Waals surface area contributed by atoms with E-state index < -0.39 is 0 Å². The van der Waals surface area contributed by atoms with E-state index in [1.807, 2.05) is 0 Å². The summed E-state index contributed by atoms with van der Waals surface area (Å²) in [6.45, 7) is 6.88. The van der Waals surface area contributed by atoms with Gasteiger partial charge in [-0.05, 0) is 71.6 Å². The highest BCUT2D eigenvalue weighted by Gasteiger charge is 2.24. The van der Waals surface area contributed by atoms with Crippen LogP contribution in [0.2, 0.25) is 0 Å². The Morgan fingerprint density at radius 3 is 2.41 bits per heavy atom. The third kappa shape index (κ3) is 3.48. The van der Waals surface area contributed by atoms with Gasteiger partial charge in [-0.15, -0.1) is 0 Å². The number of hydrogen-bond donors (Lipinski definition) is 1. The van der Waals surface area contributed by atoms with E-state index in [-0.39, 0.29) is 0 Å². The molecular weight excluding hydrogens is 274 g/mol. The van der Waals surface area contributed by atoms with Crippen LogP contribution in [0.25, 0.3) is 0 Å². The maximum absolute atomic E-state index is 3.70. The Balaban J connectivity index is 2.07. The predicted molar refractivity (Wildman–Crippen MR) is 78.5 cm³/mol. The van der Waals surface area contributed by atoms with Gasteiger partial charge in [0.2, 0.25) is 0 Å². The molecule has 1 aromatic rings. The standard InChI is InChI=1S/C15H22BrN/c1-10-4-5-14(16)15(9-10)17-13-7-11(2)6-12(3)8-13/h4-5,9,11-13,17H,6-8H2,1-3H3. The van der Waals surface area contributed by atoms with Crippen LogP contribution in [0, 0.1) is 18.8 Å². The number of anilines is 1. The van der Waals surface area contributed by atoms with Crippen molar-refractivity contribution in [1.82, 2.24) is 0 Å². The second-order valence-corrected chi connectivity index (χ2v) is 6.60. The van der Waals surface area contributed by atoms with Gasteiger partial charge >= 0.3 is 0 Å². The van der Waals surface area contributed by atoms with Crippen molar-refractivity contribution in [2.45, 2.75) is 46.1 Å². The smallest absolute Gasteiger partial charge is 0.0489 e. The molecule has 2 heteroatoms. The summed E-state index contributed by atoms with van der Waals surface area (Å²) in [6, 6.07) is 7.13. The lowest BCUT2D eigenvalue weighted by molar-refractivity contribution is 0.281. The number of hydrogen-bond acceptors (Lipinski definition) is 1. The Morgan fingerprint density at radius 2 is 1.76 bits per heavy atom. The van der Waals surface area contributed by atoms with Gasteiger partial charge in [0.25, 0.3) is 0 Å². The third-order valence-corrected chi connectivity index (χ3v) is 4.35. The first-order valence-electron chi connectivity index (χ1n) is 6.57. The van der Waals surface area contributed by atoms with Crippen molar-refractivity contribution in [1.29, 1.82) is 0 Å². The summed E-state index contributed by atoms with van der Waals surface area (Å²) in [7, 11) is 0. The molecule has 1 aliphatic carbocycles. The largest absolute Gasteiger partial charge is 0.381 e. The first-order chi connectivity index (χ1) is 8.04. The van der Waals surface area contributed by atoms with Crippen LogP contribution >= 0.6 is 15.9 Å². The van der Waals surface area contributed by atoms with Gasteiger partial charge in [0, 0.05) is 16.2 Å². The lowest BCUT2D eigenvalue weighted by atomic mass is 9.80. The number of aryl methyl sites for hydroxylation is 1. The molecule has 1 saturated carbocycles. The van der Waals surface area contributed by atoms with E-state index >= 15 is 0 Å². The molecule has 0 aromatic heterocycles. The number of nitrogens with one attached hydrogen (secondary N) is 1. The van der Waals surface area contributed by atoms with Crippen molar-refractivity contribution < 1.29 is 0 Å². The summed E-state index contributed by atoms with van der Waals surface area (Å²) in [5, 5.41) is 3.70. The first kappa shape index (κ1) is 12.9. The summed E-state index contributed by atoms with van der Waals surface area (Å²) in [4.78, 5) is 0. The Morgan fingerprint density at radius 1 is 1.12 bits per heavy atom. The molecular formula is C15H22BrN. The van der Waals surface area contributed by atoms with Crippen LogP contribution in [-0.2, 0) is 0 Å². The minimum Gasteiger partial charge on any atom is -0.381 e.